The van der Waals surface area contributed by atoms with Crippen LogP contribution in [0, 0.1) is 0 Å². The zero-order valence-electron chi connectivity index (χ0n) is 11.2. The van der Waals surface area contributed by atoms with Crippen molar-refractivity contribution in [2.24, 2.45) is 0 Å². The van der Waals surface area contributed by atoms with Gasteiger partial charge in [-0.15, -0.1) is 0 Å². The molecule has 0 amide bonds. The topological polar surface area (TPSA) is 59.7 Å². The molecule has 1 atom stereocenters. The molecule has 0 fully saturated rings. The first-order valence-electron chi connectivity index (χ1n) is 6.48. The second-order valence-electron chi connectivity index (χ2n) is 4.62. The molecular formula is C15H18O4. The molecule has 1 unspecified atom stereocenters. The number of carbonyl (C=O) groups is 1. The van der Waals surface area contributed by atoms with Crippen LogP contribution < -0.4 is 0 Å². The number of hydrogen-bond donors (Lipinski definition) is 1. The van der Waals surface area contributed by atoms with Gasteiger partial charge >= 0.3 is 5.97 Å². The van der Waals surface area contributed by atoms with Gasteiger partial charge in [0.05, 0.1) is 12.7 Å². The Bertz CT molecular complexity index is 571. The molecule has 0 saturated heterocycles. The summed E-state index contributed by atoms with van der Waals surface area (Å²) in [6, 6.07) is 7.31. The summed E-state index contributed by atoms with van der Waals surface area (Å²) in [7, 11) is 0. The minimum Gasteiger partial charge on any atom is -0.475 e. The second kappa shape index (κ2) is 5.89. The summed E-state index contributed by atoms with van der Waals surface area (Å²) >= 11 is 0. The Morgan fingerprint density at radius 2 is 2.16 bits per heavy atom. The van der Waals surface area contributed by atoms with Crippen LogP contribution in [0.3, 0.4) is 0 Å². The Morgan fingerprint density at radius 3 is 2.84 bits per heavy atom. The van der Waals surface area contributed by atoms with Crippen molar-refractivity contribution >= 4 is 16.9 Å². The number of aromatic carboxylic acids is 1. The van der Waals surface area contributed by atoms with Gasteiger partial charge in [0.25, 0.3) is 0 Å². The SMILES string of the molecule is CCCC(C)OCc1c(C(=O)O)oc2ccccc12. The third-order valence-corrected chi connectivity index (χ3v) is 3.10. The zero-order chi connectivity index (χ0) is 13.8. The molecule has 2 aromatic rings. The van der Waals surface area contributed by atoms with E-state index in [0.29, 0.717) is 11.1 Å². The summed E-state index contributed by atoms with van der Waals surface area (Å²) in [6.07, 6.45) is 2.11. The van der Waals surface area contributed by atoms with E-state index >= 15 is 0 Å². The van der Waals surface area contributed by atoms with Crippen molar-refractivity contribution in [1.29, 1.82) is 0 Å². The van der Waals surface area contributed by atoms with Crippen molar-refractivity contribution < 1.29 is 19.1 Å². The molecule has 2 rings (SSSR count). The van der Waals surface area contributed by atoms with Gasteiger partial charge in [-0.25, -0.2) is 4.79 Å². The number of para-hydroxylation sites is 1. The molecule has 0 aliphatic carbocycles. The van der Waals surface area contributed by atoms with Crippen LogP contribution in [0.25, 0.3) is 11.0 Å². The third-order valence-electron chi connectivity index (χ3n) is 3.10. The van der Waals surface area contributed by atoms with Gasteiger partial charge < -0.3 is 14.3 Å². The normalized spacial score (nSPS) is 12.7. The van der Waals surface area contributed by atoms with E-state index in [0.717, 1.165) is 18.2 Å². The first-order valence-corrected chi connectivity index (χ1v) is 6.48. The molecule has 102 valence electrons. The lowest BCUT2D eigenvalue weighted by atomic mass is 10.1. The summed E-state index contributed by atoms with van der Waals surface area (Å²) in [4.78, 5) is 11.2. The van der Waals surface area contributed by atoms with Gasteiger partial charge in [-0.05, 0) is 19.4 Å². The number of carboxylic acid groups (broad SMARTS) is 1. The molecule has 4 nitrogen and oxygen atoms in total. The molecule has 1 aromatic carbocycles. The van der Waals surface area contributed by atoms with Crippen molar-refractivity contribution in [2.75, 3.05) is 0 Å². The molecule has 4 heteroatoms. The van der Waals surface area contributed by atoms with Crippen LogP contribution in [-0.2, 0) is 11.3 Å². The Labute approximate surface area is 112 Å². The Kier molecular flexibility index (Phi) is 4.22. The highest BCUT2D eigenvalue weighted by molar-refractivity contribution is 5.94. The van der Waals surface area contributed by atoms with E-state index in [2.05, 4.69) is 6.92 Å². The Morgan fingerprint density at radius 1 is 1.42 bits per heavy atom. The van der Waals surface area contributed by atoms with Gasteiger partial charge in [-0.2, -0.15) is 0 Å². The number of rotatable bonds is 6. The highest BCUT2D eigenvalue weighted by Gasteiger charge is 2.20. The van der Waals surface area contributed by atoms with Crippen LogP contribution in [0.1, 0.15) is 42.8 Å². The van der Waals surface area contributed by atoms with E-state index in [9.17, 15) is 9.90 Å². The molecule has 0 radical (unpaired) electrons. The molecule has 1 aromatic heterocycles. The predicted molar refractivity (Wildman–Crippen MR) is 72.3 cm³/mol. The van der Waals surface area contributed by atoms with Crippen molar-refractivity contribution in [3.8, 4) is 0 Å². The fourth-order valence-corrected chi connectivity index (χ4v) is 2.13. The molecule has 0 aliphatic heterocycles. The lowest BCUT2D eigenvalue weighted by Gasteiger charge is -2.11. The van der Waals surface area contributed by atoms with Gasteiger partial charge in [0.2, 0.25) is 5.76 Å². The van der Waals surface area contributed by atoms with Gasteiger partial charge in [-0.1, -0.05) is 31.5 Å². The van der Waals surface area contributed by atoms with Crippen molar-refractivity contribution in [1.82, 2.24) is 0 Å². The molecule has 1 N–H and O–H groups in total. The second-order valence-corrected chi connectivity index (χ2v) is 4.62. The number of hydrogen-bond acceptors (Lipinski definition) is 3. The van der Waals surface area contributed by atoms with Crippen LogP contribution in [0.2, 0.25) is 0 Å². The van der Waals surface area contributed by atoms with Gasteiger partial charge in [0.1, 0.15) is 5.58 Å². The fourth-order valence-electron chi connectivity index (χ4n) is 2.13. The van der Waals surface area contributed by atoms with Crippen molar-refractivity contribution in [2.45, 2.75) is 39.4 Å². The number of benzene rings is 1. The number of furan rings is 1. The van der Waals surface area contributed by atoms with Crippen LogP contribution in [0.4, 0.5) is 0 Å². The Hall–Kier alpha value is -1.81. The molecule has 0 aliphatic rings. The lowest BCUT2D eigenvalue weighted by molar-refractivity contribution is 0.0449. The quantitative estimate of drug-likeness (QED) is 0.859. The van der Waals surface area contributed by atoms with E-state index < -0.39 is 5.97 Å². The maximum Gasteiger partial charge on any atom is 0.372 e. The van der Waals surface area contributed by atoms with E-state index in [1.807, 2.05) is 25.1 Å². The molecule has 0 saturated carbocycles. The van der Waals surface area contributed by atoms with Gasteiger partial charge in [-0.3, -0.25) is 0 Å². The van der Waals surface area contributed by atoms with E-state index in [4.69, 9.17) is 9.15 Å². The molecule has 19 heavy (non-hydrogen) atoms. The highest BCUT2D eigenvalue weighted by Crippen LogP contribution is 2.27. The van der Waals surface area contributed by atoms with Gasteiger partial charge in [0, 0.05) is 10.9 Å². The first-order chi connectivity index (χ1) is 9.13. The summed E-state index contributed by atoms with van der Waals surface area (Å²) in [5.41, 5.74) is 1.20. The monoisotopic (exact) mass is 262 g/mol. The zero-order valence-corrected chi connectivity index (χ0v) is 11.2. The van der Waals surface area contributed by atoms with Crippen LogP contribution in [0.5, 0.6) is 0 Å². The smallest absolute Gasteiger partial charge is 0.372 e. The minimum absolute atomic E-state index is 0.0232. The van der Waals surface area contributed by atoms with Crippen LogP contribution in [-0.4, -0.2) is 17.2 Å². The van der Waals surface area contributed by atoms with Crippen molar-refractivity contribution in [3.05, 3.63) is 35.6 Å². The fraction of sp³-hybridized carbons (Fsp3) is 0.400. The summed E-state index contributed by atoms with van der Waals surface area (Å²) in [6.45, 7) is 4.35. The van der Waals surface area contributed by atoms with Crippen molar-refractivity contribution in [3.63, 3.8) is 0 Å². The highest BCUT2D eigenvalue weighted by atomic mass is 16.5. The lowest BCUT2D eigenvalue weighted by Crippen LogP contribution is -2.09. The summed E-state index contributed by atoms with van der Waals surface area (Å²) in [5, 5.41) is 9.99. The van der Waals surface area contributed by atoms with Gasteiger partial charge in [0.15, 0.2) is 0 Å². The third kappa shape index (κ3) is 2.96. The number of carboxylic acids is 1. The minimum atomic E-state index is -1.06. The van der Waals surface area contributed by atoms with Crippen LogP contribution >= 0.6 is 0 Å². The molecular weight excluding hydrogens is 244 g/mol. The van der Waals surface area contributed by atoms with E-state index in [1.165, 1.54) is 0 Å². The van der Waals surface area contributed by atoms with Crippen LogP contribution in [0.15, 0.2) is 28.7 Å². The average molecular weight is 262 g/mol. The molecule has 1 heterocycles. The maximum absolute atomic E-state index is 11.2. The maximum atomic E-state index is 11.2. The average Bonchev–Trinajstić information content (AvgIpc) is 2.75. The molecule has 0 bridgehead atoms. The predicted octanol–water partition coefficient (Wildman–Crippen LogP) is 3.84. The summed E-state index contributed by atoms with van der Waals surface area (Å²) < 4.78 is 11.1. The standard InChI is InChI=1S/C15H18O4/c1-3-6-10(2)18-9-12-11-7-4-5-8-13(11)19-14(12)15(16)17/h4-5,7-8,10H,3,6,9H2,1-2H3,(H,16,17). The first kappa shape index (κ1) is 13.6. The van der Waals surface area contributed by atoms with E-state index in [1.54, 1.807) is 6.07 Å². The van der Waals surface area contributed by atoms with E-state index in [-0.39, 0.29) is 18.5 Å². The Balaban J connectivity index is 2.29. The largest absolute Gasteiger partial charge is 0.475 e. The number of ether oxygens (including phenoxy) is 1. The molecule has 0 spiro atoms. The number of fused-ring (bicyclic) bond motifs is 1. The summed E-state index contributed by atoms with van der Waals surface area (Å²) in [5.74, 6) is -1.08.